The van der Waals surface area contributed by atoms with E-state index in [1.54, 1.807) is 12.4 Å². The summed E-state index contributed by atoms with van der Waals surface area (Å²) in [6, 6.07) is 2.39. The average molecular weight is 294 g/mol. The van der Waals surface area contributed by atoms with E-state index in [2.05, 4.69) is 35.9 Å². The van der Waals surface area contributed by atoms with Crippen LogP contribution in [0.3, 0.4) is 0 Å². The molecule has 17 heavy (non-hydrogen) atoms. The van der Waals surface area contributed by atoms with Crippen LogP contribution in [-0.2, 0) is 0 Å². The molecule has 88 valence electrons. The lowest BCUT2D eigenvalue weighted by molar-refractivity contribution is 0.494. The van der Waals surface area contributed by atoms with Crippen LogP contribution in [0.1, 0.15) is 12.5 Å². The van der Waals surface area contributed by atoms with Gasteiger partial charge in [-0.2, -0.15) is 5.10 Å². The van der Waals surface area contributed by atoms with Gasteiger partial charge in [0.25, 0.3) is 0 Å². The van der Waals surface area contributed by atoms with E-state index in [0.717, 1.165) is 29.9 Å². The number of hydrogen-bond acceptors (Lipinski definition) is 4. The Morgan fingerprint density at radius 3 is 2.82 bits per heavy atom. The Labute approximate surface area is 108 Å². The van der Waals surface area contributed by atoms with Crippen molar-refractivity contribution < 1.29 is 0 Å². The first-order chi connectivity index (χ1) is 8.33. The Kier molecular flexibility index (Phi) is 2.80. The molecule has 0 radical (unpaired) electrons. The van der Waals surface area contributed by atoms with Gasteiger partial charge in [-0.1, -0.05) is 0 Å². The van der Waals surface area contributed by atoms with E-state index in [4.69, 9.17) is 0 Å². The smallest absolute Gasteiger partial charge is 0.225 e. The second kappa shape index (κ2) is 4.44. The van der Waals surface area contributed by atoms with Gasteiger partial charge in [-0.15, -0.1) is 0 Å². The van der Waals surface area contributed by atoms with Crippen molar-refractivity contribution >= 4 is 21.9 Å². The van der Waals surface area contributed by atoms with Gasteiger partial charge in [-0.3, -0.25) is 4.68 Å². The van der Waals surface area contributed by atoms with Gasteiger partial charge >= 0.3 is 0 Å². The molecule has 0 N–H and O–H groups in total. The number of halogens is 1. The summed E-state index contributed by atoms with van der Waals surface area (Å²) in [6.07, 6.45) is 8.48. The Hall–Kier alpha value is -1.43. The average Bonchev–Trinajstić information content (AvgIpc) is 3.00. The molecule has 0 aromatic carbocycles. The highest BCUT2D eigenvalue weighted by Gasteiger charge is 2.25. The fourth-order valence-electron chi connectivity index (χ4n) is 2.10. The number of rotatable bonds is 2. The molecule has 0 saturated carbocycles. The minimum absolute atomic E-state index is 0.428. The molecule has 3 rings (SSSR count). The molecule has 1 fully saturated rings. The molecule has 6 heteroatoms. The van der Waals surface area contributed by atoms with Gasteiger partial charge in [0.15, 0.2) is 0 Å². The zero-order chi connectivity index (χ0) is 11.7. The summed E-state index contributed by atoms with van der Waals surface area (Å²) in [5.41, 5.74) is 0. The Bertz CT molecular complexity index is 481. The first-order valence-corrected chi connectivity index (χ1v) is 6.34. The molecular formula is C11H12BrN5. The largest absolute Gasteiger partial charge is 0.339 e. The van der Waals surface area contributed by atoms with Crippen LogP contribution in [0.25, 0.3) is 0 Å². The van der Waals surface area contributed by atoms with Gasteiger partial charge in [-0.05, 0) is 28.4 Å². The van der Waals surface area contributed by atoms with E-state index in [0.29, 0.717) is 6.04 Å². The van der Waals surface area contributed by atoms with Crippen molar-refractivity contribution in [2.75, 3.05) is 18.0 Å². The molecule has 2 aromatic rings. The predicted octanol–water partition coefficient (Wildman–Crippen LogP) is 1.89. The van der Waals surface area contributed by atoms with Gasteiger partial charge < -0.3 is 4.90 Å². The number of hydrogen-bond donors (Lipinski definition) is 0. The Morgan fingerprint density at radius 1 is 1.29 bits per heavy atom. The summed E-state index contributed by atoms with van der Waals surface area (Å²) in [6.45, 7) is 1.90. The third-order valence-electron chi connectivity index (χ3n) is 2.95. The van der Waals surface area contributed by atoms with Crippen molar-refractivity contribution in [1.82, 2.24) is 19.7 Å². The zero-order valence-corrected chi connectivity index (χ0v) is 10.8. The molecule has 1 aliphatic heterocycles. The molecule has 0 bridgehead atoms. The van der Waals surface area contributed by atoms with E-state index >= 15 is 0 Å². The minimum Gasteiger partial charge on any atom is -0.339 e. The van der Waals surface area contributed by atoms with Crippen molar-refractivity contribution in [1.29, 1.82) is 0 Å². The van der Waals surface area contributed by atoms with Crippen LogP contribution in [0.5, 0.6) is 0 Å². The summed E-state index contributed by atoms with van der Waals surface area (Å²) in [4.78, 5) is 10.8. The van der Waals surface area contributed by atoms with Crippen LogP contribution < -0.4 is 4.90 Å². The maximum Gasteiger partial charge on any atom is 0.225 e. The lowest BCUT2D eigenvalue weighted by Gasteiger charge is -2.16. The maximum absolute atomic E-state index is 4.31. The highest BCUT2D eigenvalue weighted by molar-refractivity contribution is 9.10. The first-order valence-electron chi connectivity index (χ1n) is 5.54. The zero-order valence-electron chi connectivity index (χ0n) is 9.20. The second-order valence-electron chi connectivity index (χ2n) is 4.08. The molecule has 3 heterocycles. The minimum atomic E-state index is 0.428. The van der Waals surface area contributed by atoms with Crippen LogP contribution in [0, 0.1) is 0 Å². The van der Waals surface area contributed by atoms with Crippen LogP contribution in [-0.4, -0.2) is 32.8 Å². The molecule has 1 unspecified atom stereocenters. The first kappa shape index (κ1) is 10.7. The van der Waals surface area contributed by atoms with E-state index in [1.165, 1.54) is 0 Å². The van der Waals surface area contributed by atoms with Crippen LogP contribution in [0.15, 0.2) is 35.3 Å². The van der Waals surface area contributed by atoms with Gasteiger partial charge in [0.2, 0.25) is 5.95 Å². The third kappa shape index (κ3) is 2.17. The maximum atomic E-state index is 4.31. The summed E-state index contributed by atoms with van der Waals surface area (Å²) in [5.74, 6) is 0.794. The lowest BCUT2D eigenvalue weighted by atomic mass is 10.3. The van der Waals surface area contributed by atoms with Crippen LogP contribution in [0.4, 0.5) is 5.95 Å². The molecule has 1 saturated heterocycles. The second-order valence-corrected chi connectivity index (χ2v) is 4.99. The quantitative estimate of drug-likeness (QED) is 0.848. The van der Waals surface area contributed by atoms with E-state index in [9.17, 15) is 0 Å². The highest BCUT2D eigenvalue weighted by Crippen LogP contribution is 2.24. The normalized spacial score (nSPS) is 19.8. The lowest BCUT2D eigenvalue weighted by Crippen LogP contribution is -2.23. The fourth-order valence-corrected chi connectivity index (χ4v) is 2.31. The number of nitrogens with zero attached hydrogens (tertiary/aromatic N) is 5. The molecule has 0 spiro atoms. The summed E-state index contributed by atoms with van der Waals surface area (Å²) >= 11 is 3.34. The number of anilines is 1. The van der Waals surface area contributed by atoms with Gasteiger partial charge in [0.1, 0.15) is 0 Å². The van der Waals surface area contributed by atoms with E-state index in [-0.39, 0.29) is 0 Å². The third-order valence-corrected chi connectivity index (χ3v) is 3.36. The predicted molar refractivity (Wildman–Crippen MR) is 67.8 cm³/mol. The molecule has 2 aromatic heterocycles. The van der Waals surface area contributed by atoms with Gasteiger partial charge in [0.05, 0.1) is 10.5 Å². The SMILES string of the molecule is Brc1cnc(N2CCC(n3cccn3)C2)nc1. The van der Waals surface area contributed by atoms with Gasteiger partial charge in [0, 0.05) is 37.9 Å². The van der Waals surface area contributed by atoms with Crippen LogP contribution in [0.2, 0.25) is 0 Å². The van der Waals surface area contributed by atoms with Crippen molar-refractivity contribution in [2.45, 2.75) is 12.5 Å². The molecule has 1 atom stereocenters. The Morgan fingerprint density at radius 2 is 2.12 bits per heavy atom. The molecule has 0 aliphatic carbocycles. The molecule has 1 aliphatic rings. The fraction of sp³-hybridized carbons (Fsp3) is 0.364. The molecule has 0 amide bonds. The van der Waals surface area contributed by atoms with Crippen LogP contribution >= 0.6 is 15.9 Å². The number of aromatic nitrogens is 4. The topological polar surface area (TPSA) is 46.8 Å². The van der Waals surface area contributed by atoms with Crippen molar-refractivity contribution in [2.24, 2.45) is 0 Å². The molecular weight excluding hydrogens is 282 g/mol. The summed E-state index contributed by atoms with van der Waals surface area (Å²) < 4.78 is 2.92. The summed E-state index contributed by atoms with van der Waals surface area (Å²) in [7, 11) is 0. The Balaban J connectivity index is 1.74. The van der Waals surface area contributed by atoms with Crippen molar-refractivity contribution in [3.8, 4) is 0 Å². The highest BCUT2D eigenvalue weighted by atomic mass is 79.9. The molecule has 5 nitrogen and oxygen atoms in total. The summed E-state index contributed by atoms with van der Waals surface area (Å²) in [5, 5.41) is 4.28. The van der Waals surface area contributed by atoms with Gasteiger partial charge in [-0.25, -0.2) is 9.97 Å². The monoisotopic (exact) mass is 293 g/mol. The van der Waals surface area contributed by atoms with E-state index < -0.39 is 0 Å². The standard InChI is InChI=1S/C11H12BrN5/c12-9-6-13-11(14-7-9)16-5-2-10(8-16)17-4-1-3-15-17/h1,3-4,6-7,10H,2,5,8H2. The van der Waals surface area contributed by atoms with Crippen molar-refractivity contribution in [3.05, 3.63) is 35.3 Å². The van der Waals surface area contributed by atoms with Crippen molar-refractivity contribution in [3.63, 3.8) is 0 Å². The van der Waals surface area contributed by atoms with E-state index in [1.807, 2.05) is 23.1 Å².